The van der Waals surface area contributed by atoms with E-state index in [9.17, 15) is 0 Å². The van der Waals surface area contributed by atoms with Gasteiger partial charge in [-0.3, -0.25) is 0 Å². The van der Waals surface area contributed by atoms with Crippen LogP contribution in [-0.4, -0.2) is 0 Å². The molecule has 1 atom stereocenters. The molecule has 0 bridgehead atoms. The predicted molar refractivity (Wildman–Crippen MR) is 232 cm³/mol. The van der Waals surface area contributed by atoms with Crippen LogP contribution in [0.4, 0.5) is 0 Å². The Labute approximate surface area is 323 Å². The molecule has 8 aromatic carbocycles. The molecule has 1 spiro atoms. The molecule has 0 aromatic heterocycles. The van der Waals surface area contributed by atoms with Gasteiger partial charge in [-0.05, 0) is 125 Å². The van der Waals surface area contributed by atoms with Gasteiger partial charge in [-0.25, -0.2) is 0 Å². The van der Waals surface area contributed by atoms with E-state index in [1.807, 2.05) is 0 Å². The molecule has 1 unspecified atom stereocenters. The van der Waals surface area contributed by atoms with Crippen LogP contribution >= 0.6 is 0 Å². The quantitative estimate of drug-likeness (QED) is 0.176. The summed E-state index contributed by atoms with van der Waals surface area (Å²) in [5.41, 5.74) is 17.3. The minimum Gasteiger partial charge on any atom is -0.374 e. The van der Waals surface area contributed by atoms with Gasteiger partial charge in [0.05, 0.1) is 6.04 Å². The average molecular weight is 704 g/mol. The van der Waals surface area contributed by atoms with E-state index in [4.69, 9.17) is 0 Å². The molecule has 1 saturated carbocycles. The Morgan fingerprint density at radius 2 is 1.00 bits per heavy atom. The van der Waals surface area contributed by atoms with Crippen LogP contribution in [0.5, 0.6) is 0 Å². The number of allylic oxidation sites excluding steroid dienone is 2. The van der Waals surface area contributed by atoms with Gasteiger partial charge in [0.15, 0.2) is 0 Å². The average Bonchev–Trinajstić information content (AvgIpc) is 3.87. The first-order valence-electron chi connectivity index (χ1n) is 19.8. The third kappa shape index (κ3) is 5.14. The molecule has 11 rings (SSSR count). The Bertz CT molecular complexity index is 2820. The van der Waals surface area contributed by atoms with E-state index in [2.05, 4.69) is 193 Å². The number of hydrogen-bond donors (Lipinski definition) is 1. The first kappa shape index (κ1) is 32.0. The van der Waals surface area contributed by atoms with Crippen molar-refractivity contribution < 1.29 is 0 Å². The zero-order valence-electron chi connectivity index (χ0n) is 30.8. The van der Waals surface area contributed by atoms with E-state index >= 15 is 0 Å². The zero-order valence-corrected chi connectivity index (χ0v) is 30.8. The van der Waals surface area contributed by atoms with Gasteiger partial charge in [0.1, 0.15) is 0 Å². The number of rotatable bonds is 5. The number of benzene rings is 8. The van der Waals surface area contributed by atoms with Crippen molar-refractivity contribution in [3.8, 4) is 44.5 Å². The second kappa shape index (κ2) is 12.9. The highest BCUT2D eigenvalue weighted by Gasteiger charge is 2.44. The summed E-state index contributed by atoms with van der Waals surface area (Å²) in [6.45, 7) is 0. The Balaban J connectivity index is 1.12. The molecule has 8 aromatic rings. The standard InChI is InChI=1S/C54H41N/c1-4-15-36(16-5-1)50-23-14-24-51(55-50)41-27-30-45-47(34-41)53(38-19-8-3-9-20-38)44-29-26-39(33-46(44)52(45)37-17-6-2-7-18-37)40-25-28-43-42-21-10-11-22-48(42)54(49(43)35-40)31-12-13-32-54/h1-11,14-30,33-35,51,55H,12-13,31-32H2. The molecule has 1 heteroatoms. The van der Waals surface area contributed by atoms with Crippen LogP contribution in [0.2, 0.25) is 0 Å². The fourth-order valence-electron chi connectivity index (χ4n) is 10.1. The third-order valence-electron chi connectivity index (χ3n) is 12.6. The summed E-state index contributed by atoms with van der Waals surface area (Å²) in [4.78, 5) is 0. The lowest BCUT2D eigenvalue weighted by Gasteiger charge is -2.27. The largest absolute Gasteiger partial charge is 0.374 e. The van der Waals surface area contributed by atoms with Crippen LogP contribution in [-0.2, 0) is 5.41 Å². The topological polar surface area (TPSA) is 12.0 Å². The van der Waals surface area contributed by atoms with Gasteiger partial charge in [0.25, 0.3) is 0 Å². The summed E-state index contributed by atoms with van der Waals surface area (Å²) in [7, 11) is 0. The lowest BCUT2D eigenvalue weighted by atomic mass is 9.76. The molecule has 262 valence electrons. The second-order valence-corrected chi connectivity index (χ2v) is 15.6. The molecule has 1 N–H and O–H groups in total. The summed E-state index contributed by atoms with van der Waals surface area (Å²) in [5, 5.41) is 8.93. The summed E-state index contributed by atoms with van der Waals surface area (Å²) < 4.78 is 0. The fraction of sp³-hybridized carbons (Fsp3) is 0.111. The number of dihydropyridines is 1. The molecule has 2 aliphatic carbocycles. The highest BCUT2D eigenvalue weighted by atomic mass is 14.9. The van der Waals surface area contributed by atoms with E-state index in [0.29, 0.717) is 0 Å². The summed E-state index contributed by atoms with van der Waals surface area (Å²) in [6, 6.07) is 63.5. The van der Waals surface area contributed by atoms with Crippen LogP contribution in [0, 0.1) is 0 Å². The van der Waals surface area contributed by atoms with Crippen molar-refractivity contribution in [3.63, 3.8) is 0 Å². The Morgan fingerprint density at radius 3 is 1.71 bits per heavy atom. The summed E-state index contributed by atoms with van der Waals surface area (Å²) in [5.74, 6) is 0. The van der Waals surface area contributed by atoms with Crippen molar-refractivity contribution in [1.82, 2.24) is 5.32 Å². The molecule has 1 aliphatic heterocycles. The van der Waals surface area contributed by atoms with Crippen LogP contribution < -0.4 is 5.32 Å². The lowest BCUT2D eigenvalue weighted by Crippen LogP contribution is -2.20. The van der Waals surface area contributed by atoms with Crippen LogP contribution in [0.25, 0.3) is 71.7 Å². The minimum atomic E-state index is 0.0561. The zero-order chi connectivity index (χ0) is 36.3. The maximum Gasteiger partial charge on any atom is 0.0701 e. The fourth-order valence-corrected chi connectivity index (χ4v) is 10.1. The molecule has 0 amide bonds. The normalized spacial score (nSPS) is 16.6. The predicted octanol–water partition coefficient (Wildman–Crippen LogP) is 14.1. The molecule has 55 heavy (non-hydrogen) atoms. The lowest BCUT2D eigenvalue weighted by molar-refractivity contribution is 0.550. The van der Waals surface area contributed by atoms with Crippen LogP contribution in [0.15, 0.2) is 188 Å². The molecule has 1 nitrogen and oxygen atoms in total. The van der Waals surface area contributed by atoms with Gasteiger partial charge in [-0.1, -0.05) is 177 Å². The Morgan fingerprint density at radius 1 is 0.436 bits per heavy atom. The van der Waals surface area contributed by atoms with E-state index in [1.54, 1.807) is 0 Å². The molecule has 0 radical (unpaired) electrons. The van der Waals surface area contributed by atoms with Crippen LogP contribution in [0.3, 0.4) is 0 Å². The Kier molecular flexibility index (Phi) is 7.49. The van der Waals surface area contributed by atoms with E-state index in [0.717, 1.165) is 5.70 Å². The van der Waals surface area contributed by atoms with Gasteiger partial charge in [-0.15, -0.1) is 0 Å². The molecule has 1 heterocycles. The highest BCUT2D eigenvalue weighted by Crippen LogP contribution is 2.57. The molecular formula is C54H41N. The third-order valence-corrected chi connectivity index (χ3v) is 12.6. The summed E-state index contributed by atoms with van der Waals surface area (Å²) in [6.07, 6.45) is 11.7. The van der Waals surface area contributed by atoms with E-state index < -0.39 is 0 Å². The number of nitrogens with one attached hydrogen (secondary N) is 1. The summed E-state index contributed by atoms with van der Waals surface area (Å²) >= 11 is 0. The number of fused-ring (bicyclic) bond motifs is 7. The minimum absolute atomic E-state index is 0.0561. The monoisotopic (exact) mass is 703 g/mol. The van der Waals surface area contributed by atoms with Crippen LogP contribution in [0.1, 0.15) is 54.0 Å². The first-order valence-corrected chi connectivity index (χ1v) is 19.8. The highest BCUT2D eigenvalue weighted by molar-refractivity contribution is 6.22. The molecule has 0 saturated heterocycles. The van der Waals surface area contributed by atoms with Crippen molar-refractivity contribution in [2.45, 2.75) is 37.1 Å². The second-order valence-electron chi connectivity index (χ2n) is 15.6. The van der Waals surface area contributed by atoms with Gasteiger partial charge >= 0.3 is 0 Å². The molecule has 3 aliphatic rings. The van der Waals surface area contributed by atoms with E-state index in [1.165, 1.54) is 114 Å². The van der Waals surface area contributed by atoms with Crippen molar-refractivity contribution in [2.75, 3.05) is 0 Å². The molecular weight excluding hydrogens is 663 g/mol. The van der Waals surface area contributed by atoms with Crippen molar-refractivity contribution >= 4 is 27.2 Å². The Hall–Kier alpha value is -6.44. The van der Waals surface area contributed by atoms with Gasteiger partial charge in [-0.2, -0.15) is 0 Å². The van der Waals surface area contributed by atoms with Gasteiger partial charge in [0, 0.05) is 11.1 Å². The van der Waals surface area contributed by atoms with Gasteiger partial charge < -0.3 is 5.32 Å². The number of hydrogen-bond acceptors (Lipinski definition) is 1. The maximum atomic E-state index is 3.83. The first-order chi connectivity index (χ1) is 27.2. The maximum absolute atomic E-state index is 3.83. The van der Waals surface area contributed by atoms with E-state index in [-0.39, 0.29) is 11.5 Å². The van der Waals surface area contributed by atoms with Crippen molar-refractivity contribution in [2.24, 2.45) is 0 Å². The van der Waals surface area contributed by atoms with Crippen molar-refractivity contribution in [1.29, 1.82) is 0 Å². The smallest absolute Gasteiger partial charge is 0.0701 e. The van der Waals surface area contributed by atoms with Gasteiger partial charge in [0.2, 0.25) is 0 Å². The van der Waals surface area contributed by atoms with Crippen molar-refractivity contribution in [3.05, 3.63) is 210 Å². The SMILES string of the molecule is C1=CC(c2ccc3c(-c4ccccc4)c4cc(-c5ccc6c(c5)C5(CCCC5)c5ccccc5-6)ccc4c(-c4ccccc4)c3c2)NC(c2ccccc2)=C1. The molecule has 1 fully saturated rings.